The van der Waals surface area contributed by atoms with Crippen LogP contribution < -0.4 is 9.64 Å². The maximum Gasteiger partial charge on any atom is 0.258 e. The Hall–Kier alpha value is -2.83. The first kappa shape index (κ1) is 16.6. The van der Waals surface area contributed by atoms with E-state index in [1.165, 1.54) is 0 Å². The molecule has 1 aliphatic carbocycles. The SMILES string of the molecule is COc1ccccc1N1CCN(C(=O)c2c(C3CC3)n[nH]c2C)CC1=O. The van der Waals surface area contributed by atoms with Gasteiger partial charge < -0.3 is 14.5 Å². The predicted octanol–water partition coefficient (Wildman–Crippen LogP) is 2.09. The number of anilines is 1. The summed E-state index contributed by atoms with van der Waals surface area (Å²) < 4.78 is 5.36. The predicted molar refractivity (Wildman–Crippen MR) is 96.6 cm³/mol. The number of hydrogen-bond acceptors (Lipinski definition) is 4. The fourth-order valence-electron chi connectivity index (χ4n) is 3.48. The van der Waals surface area contributed by atoms with Crippen LogP contribution in [0.4, 0.5) is 5.69 Å². The lowest BCUT2D eigenvalue weighted by atomic mass is 10.1. The summed E-state index contributed by atoms with van der Waals surface area (Å²) in [4.78, 5) is 29.0. The molecule has 1 aromatic carbocycles. The number of para-hydroxylation sites is 2. The van der Waals surface area contributed by atoms with Crippen molar-refractivity contribution in [2.45, 2.75) is 25.7 Å². The monoisotopic (exact) mass is 354 g/mol. The molecular weight excluding hydrogens is 332 g/mol. The third-order valence-corrected chi connectivity index (χ3v) is 5.04. The van der Waals surface area contributed by atoms with Crippen molar-refractivity contribution in [3.8, 4) is 5.75 Å². The Balaban J connectivity index is 1.53. The number of methoxy groups -OCH3 is 1. The normalized spacial score (nSPS) is 17.5. The minimum Gasteiger partial charge on any atom is -0.495 e. The van der Waals surface area contributed by atoms with Crippen molar-refractivity contribution >= 4 is 17.5 Å². The van der Waals surface area contributed by atoms with Gasteiger partial charge in [-0.25, -0.2) is 0 Å². The Morgan fingerprint density at radius 3 is 2.73 bits per heavy atom. The molecule has 4 rings (SSSR count). The van der Waals surface area contributed by atoms with Crippen LogP contribution >= 0.6 is 0 Å². The maximum absolute atomic E-state index is 13.0. The summed E-state index contributed by atoms with van der Waals surface area (Å²) in [6, 6.07) is 7.43. The fourth-order valence-corrected chi connectivity index (χ4v) is 3.48. The molecule has 0 unspecified atom stereocenters. The zero-order valence-electron chi connectivity index (χ0n) is 15.0. The zero-order chi connectivity index (χ0) is 18.3. The first-order chi connectivity index (χ1) is 12.6. The molecule has 7 heteroatoms. The van der Waals surface area contributed by atoms with Crippen LogP contribution in [0.15, 0.2) is 24.3 Å². The summed E-state index contributed by atoms with van der Waals surface area (Å²) in [7, 11) is 1.59. The van der Waals surface area contributed by atoms with Gasteiger partial charge in [-0.15, -0.1) is 0 Å². The van der Waals surface area contributed by atoms with Gasteiger partial charge in [-0.3, -0.25) is 14.7 Å². The van der Waals surface area contributed by atoms with Crippen molar-refractivity contribution in [3.05, 3.63) is 41.2 Å². The first-order valence-electron chi connectivity index (χ1n) is 8.87. The molecule has 2 heterocycles. The Kier molecular flexibility index (Phi) is 4.14. The van der Waals surface area contributed by atoms with Gasteiger partial charge in [-0.1, -0.05) is 12.1 Å². The number of nitrogens with one attached hydrogen (secondary N) is 1. The summed E-state index contributed by atoms with van der Waals surface area (Å²) in [5, 5.41) is 7.24. The van der Waals surface area contributed by atoms with E-state index >= 15 is 0 Å². The highest BCUT2D eigenvalue weighted by Crippen LogP contribution is 2.41. The quantitative estimate of drug-likeness (QED) is 0.912. The third-order valence-electron chi connectivity index (χ3n) is 5.04. The van der Waals surface area contributed by atoms with E-state index in [0.29, 0.717) is 30.3 Å². The number of nitrogens with zero attached hydrogens (tertiary/aromatic N) is 3. The molecule has 2 aliphatic rings. The van der Waals surface area contributed by atoms with Gasteiger partial charge in [0.15, 0.2) is 0 Å². The number of aromatic amines is 1. The summed E-state index contributed by atoms with van der Waals surface area (Å²) in [6.07, 6.45) is 2.15. The Morgan fingerprint density at radius 1 is 1.27 bits per heavy atom. The third kappa shape index (κ3) is 2.83. The fraction of sp³-hybridized carbons (Fsp3) is 0.421. The zero-order valence-corrected chi connectivity index (χ0v) is 15.0. The average Bonchev–Trinajstić information content (AvgIpc) is 3.43. The second-order valence-corrected chi connectivity index (χ2v) is 6.83. The second kappa shape index (κ2) is 6.48. The van der Waals surface area contributed by atoms with Crippen LogP contribution in [0.25, 0.3) is 0 Å². The lowest BCUT2D eigenvalue weighted by molar-refractivity contribution is -0.120. The van der Waals surface area contributed by atoms with E-state index in [1.807, 2.05) is 31.2 Å². The van der Waals surface area contributed by atoms with Crippen LogP contribution in [0.2, 0.25) is 0 Å². The molecule has 2 amide bonds. The number of H-pyrrole nitrogens is 1. The number of aryl methyl sites for hydroxylation is 1. The second-order valence-electron chi connectivity index (χ2n) is 6.83. The molecule has 0 radical (unpaired) electrons. The molecule has 0 spiro atoms. The molecule has 1 aromatic heterocycles. The van der Waals surface area contributed by atoms with Crippen LogP contribution in [0.3, 0.4) is 0 Å². The molecule has 1 N–H and O–H groups in total. The van der Waals surface area contributed by atoms with Gasteiger partial charge in [0.2, 0.25) is 5.91 Å². The summed E-state index contributed by atoms with van der Waals surface area (Å²) >= 11 is 0. The number of piperazine rings is 1. The topological polar surface area (TPSA) is 78.5 Å². The standard InChI is InChI=1S/C19H22N4O3/c1-12-17(18(21-20-12)13-7-8-13)19(25)22-9-10-23(16(24)11-22)14-5-3-4-6-15(14)26-2/h3-6,13H,7-11H2,1-2H3,(H,20,21). The molecule has 1 saturated carbocycles. The molecule has 0 bridgehead atoms. The smallest absolute Gasteiger partial charge is 0.258 e. The Bertz CT molecular complexity index is 856. The molecule has 7 nitrogen and oxygen atoms in total. The molecular formula is C19H22N4O3. The van der Waals surface area contributed by atoms with Gasteiger partial charge in [0.05, 0.1) is 24.1 Å². The number of aromatic nitrogens is 2. The van der Waals surface area contributed by atoms with Crippen molar-refractivity contribution in [2.24, 2.45) is 0 Å². The lowest BCUT2D eigenvalue weighted by Gasteiger charge is -2.35. The van der Waals surface area contributed by atoms with Gasteiger partial charge in [-0.2, -0.15) is 5.10 Å². The van der Waals surface area contributed by atoms with Crippen LogP contribution in [-0.2, 0) is 4.79 Å². The van der Waals surface area contributed by atoms with Gasteiger partial charge in [-0.05, 0) is 31.9 Å². The molecule has 2 aromatic rings. The Morgan fingerprint density at radius 2 is 2.04 bits per heavy atom. The highest BCUT2D eigenvalue weighted by atomic mass is 16.5. The van der Waals surface area contributed by atoms with Gasteiger partial charge in [0.1, 0.15) is 12.3 Å². The molecule has 1 aliphatic heterocycles. The van der Waals surface area contributed by atoms with E-state index in [-0.39, 0.29) is 18.4 Å². The van der Waals surface area contributed by atoms with E-state index in [4.69, 9.17) is 4.74 Å². The van der Waals surface area contributed by atoms with E-state index in [2.05, 4.69) is 10.2 Å². The van der Waals surface area contributed by atoms with Crippen molar-refractivity contribution in [2.75, 3.05) is 31.6 Å². The van der Waals surface area contributed by atoms with Crippen LogP contribution in [0, 0.1) is 6.92 Å². The molecule has 136 valence electrons. The summed E-state index contributed by atoms with van der Waals surface area (Å²) in [5.74, 6) is 0.821. The largest absolute Gasteiger partial charge is 0.495 e. The first-order valence-corrected chi connectivity index (χ1v) is 8.87. The van der Waals surface area contributed by atoms with E-state index in [1.54, 1.807) is 16.9 Å². The summed E-state index contributed by atoms with van der Waals surface area (Å²) in [6.45, 7) is 2.85. The van der Waals surface area contributed by atoms with Crippen molar-refractivity contribution in [1.82, 2.24) is 15.1 Å². The van der Waals surface area contributed by atoms with Gasteiger partial charge >= 0.3 is 0 Å². The van der Waals surface area contributed by atoms with Crippen molar-refractivity contribution < 1.29 is 14.3 Å². The van der Waals surface area contributed by atoms with Crippen LogP contribution in [0.5, 0.6) is 5.75 Å². The summed E-state index contributed by atoms with van der Waals surface area (Å²) in [5.41, 5.74) is 3.01. The number of carbonyl (C=O) groups excluding carboxylic acids is 2. The van der Waals surface area contributed by atoms with Gasteiger partial charge in [0, 0.05) is 24.7 Å². The van der Waals surface area contributed by atoms with Gasteiger partial charge in [0.25, 0.3) is 5.91 Å². The molecule has 0 atom stereocenters. The van der Waals surface area contributed by atoms with E-state index in [9.17, 15) is 9.59 Å². The lowest BCUT2D eigenvalue weighted by Crippen LogP contribution is -2.52. The number of rotatable bonds is 4. The Labute approximate surface area is 151 Å². The van der Waals surface area contributed by atoms with E-state index < -0.39 is 0 Å². The number of benzene rings is 1. The highest BCUT2D eigenvalue weighted by molar-refractivity contribution is 6.03. The number of amides is 2. The number of hydrogen-bond donors (Lipinski definition) is 1. The van der Waals surface area contributed by atoms with Crippen molar-refractivity contribution in [1.29, 1.82) is 0 Å². The molecule has 2 fully saturated rings. The number of carbonyl (C=O) groups is 2. The molecule has 26 heavy (non-hydrogen) atoms. The van der Waals surface area contributed by atoms with Crippen LogP contribution in [-0.4, -0.2) is 53.7 Å². The van der Waals surface area contributed by atoms with E-state index in [0.717, 1.165) is 29.9 Å². The molecule has 1 saturated heterocycles. The maximum atomic E-state index is 13.0. The minimum atomic E-state index is -0.108. The van der Waals surface area contributed by atoms with Crippen molar-refractivity contribution in [3.63, 3.8) is 0 Å². The number of ether oxygens (including phenoxy) is 1. The van der Waals surface area contributed by atoms with Crippen LogP contribution in [0.1, 0.15) is 40.5 Å². The highest BCUT2D eigenvalue weighted by Gasteiger charge is 2.36. The average molecular weight is 354 g/mol. The minimum absolute atomic E-state index is 0.0611.